The van der Waals surface area contributed by atoms with Crippen LogP contribution in [0.25, 0.3) is 22.8 Å². The summed E-state index contributed by atoms with van der Waals surface area (Å²) in [5.74, 6) is 1.62. The zero-order chi connectivity index (χ0) is 14.7. The quantitative estimate of drug-likeness (QED) is 0.798. The van der Waals surface area contributed by atoms with Gasteiger partial charge in [-0.3, -0.25) is 0 Å². The molecule has 106 valence electrons. The SMILES string of the molecule is Cn1nc(-c2ccccc2)nc1-c1ccccc1CCN. The van der Waals surface area contributed by atoms with Crippen molar-refractivity contribution in [2.24, 2.45) is 12.8 Å². The van der Waals surface area contributed by atoms with Crippen LogP contribution in [0.15, 0.2) is 54.6 Å². The third kappa shape index (κ3) is 2.71. The fourth-order valence-electron chi connectivity index (χ4n) is 2.44. The predicted molar refractivity (Wildman–Crippen MR) is 84.6 cm³/mol. The van der Waals surface area contributed by atoms with E-state index in [0.29, 0.717) is 6.54 Å². The Morgan fingerprint density at radius 1 is 1.00 bits per heavy atom. The van der Waals surface area contributed by atoms with Crippen LogP contribution in [-0.2, 0) is 13.5 Å². The predicted octanol–water partition coefficient (Wildman–Crippen LogP) is 2.65. The third-order valence-electron chi connectivity index (χ3n) is 3.47. The van der Waals surface area contributed by atoms with E-state index in [-0.39, 0.29) is 0 Å². The fraction of sp³-hybridized carbons (Fsp3) is 0.176. The first kappa shape index (κ1) is 13.5. The normalized spacial score (nSPS) is 10.8. The van der Waals surface area contributed by atoms with Crippen LogP contribution in [0.1, 0.15) is 5.56 Å². The van der Waals surface area contributed by atoms with Crippen LogP contribution in [-0.4, -0.2) is 21.3 Å². The monoisotopic (exact) mass is 278 g/mol. The second kappa shape index (κ2) is 5.89. The maximum atomic E-state index is 5.70. The molecule has 4 nitrogen and oxygen atoms in total. The number of aromatic nitrogens is 3. The molecule has 0 spiro atoms. The molecule has 21 heavy (non-hydrogen) atoms. The molecular weight excluding hydrogens is 260 g/mol. The van der Waals surface area contributed by atoms with Crippen LogP contribution in [0, 0.1) is 0 Å². The fourth-order valence-corrected chi connectivity index (χ4v) is 2.44. The summed E-state index contributed by atoms with van der Waals surface area (Å²) in [6.45, 7) is 0.625. The first-order chi connectivity index (χ1) is 10.3. The molecule has 4 heteroatoms. The van der Waals surface area contributed by atoms with Crippen LogP contribution in [0.3, 0.4) is 0 Å². The van der Waals surface area contributed by atoms with Gasteiger partial charge < -0.3 is 5.73 Å². The molecule has 0 radical (unpaired) electrons. The zero-order valence-corrected chi connectivity index (χ0v) is 12.0. The number of rotatable bonds is 4. The summed E-state index contributed by atoms with van der Waals surface area (Å²) < 4.78 is 1.83. The van der Waals surface area contributed by atoms with Gasteiger partial charge in [-0.05, 0) is 18.5 Å². The Labute approximate surface area is 124 Å². The zero-order valence-electron chi connectivity index (χ0n) is 12.0. The number of hydrogen-bond donors (Lipinski definition) is 1. The van der Waals surface area contributed by atoms with E-state index in [1.165, 1.54) is 5.56 Å². The summed E-state index contributed by atoms with van der Waals surface area (Å²) in [5.41, 5.74) is 9.02. The number of nitrogens with two attached hydrogens (primary N) is 1. The number of nitrogens with zero attached hydrogens (tertiary/aromatic N) is 3. The average molecular weight is 278 g/mol. The Kier molecular flexibility index (Phi) is 3.79. The maximum absolute atomic E-state index is 5.70. The van der Waals surface area contributed by atoms with Crippen molar-refractivity contribution in [1.29, 1.82) is 0 Å². The van der Waals surface area contributed by atoms with E-state index >= 15 is 0 Å². The lowest BCUT2D eigenvalue weighted by molar-refractivity contribution is 0.775. The summed E-state index contributed by atoms with van der Waals surface area (Å²) in [4.78, 5) is 4.70. The van der Waals surface area contributed by atoms with Crippen LogP contribution >= 0.6 is 0 Å². The van der Waals surface area contributed by atoms with Crippen molar-refractivity contribution >= 4 is 0 Å². The molecule has 0 aliphatic rings. The van der Waals surface area contributed by atoms with Crippen LogP contribution in [0.4, 0.5) is 0 Å². The minimum absolute atomic E-state index is 0.625. The molecule has 0 bridgehead atoms. The molecule has 0 amide bonds. The highest BCUT2D eigenvalue weighted by molar-refractivity contribution is 5.64. The highest BCUT2D eigenvalue weighted by Gasteiger charge is 2.13. The molecule has 2 aromatic carbocycles. The second-order valence-corrected chi connectivity index (χ2v) is 4.94. The Hall–Kier alpha value is -2.46. The topological polar surface area (TPSA) is 56.7 Å². The van der Waals surface area contributed by atoms with E-state index < -0.39 is 0 Å². The molecule has 0 aliphatic carbocycles. The van der Waals surface area contributed by atoms with E-state index in [9.17, 15) is 0 Å². The molecule has 0 atom stereocenters. The van der Waals surface area contributed by atoms with Crippen molar-refractivity contribution < 1.29 is 0 Å². The van der Waals surface area contributed by atoms with E-state index in [1.54, 1.807) is 0 Å². The molecule has 3 rings (SSSR count). The van der Waals surface area contributed by atoms with Gasteiger partial charge in [-0.25, -0.2) is 9.67 Å². The third-order valence-corrected chi connectivity index (χ3v) is 3.47. The lowest BCUT2D eigenvalue weighted by atomic mass is 10.0. The van der Waals surface area contributed by atoms with Crippen LogP contribution in [0.2, 0.25) is 0 Å². The minimum Gasteiger partial charge on any atom is -0.330 e. The van der Waals surface area contributed by atoms with Gasteiger partial charge in [0.25, 0.3) is 0 Å². The molecule has 0 unspecified atom stereocenters. The average Bonchev–Trinajstić information content (AvgIpc) is 2.91. The second-order valence-electron chi connectivity index (χ2n) is 4.94. The summed E-state index contributed by atoms with van der Waals surface area (Å²) >= 11 is 0. The van der Waals surface area contributed by atoms with Gasteiger partial charge in [0.05, 0.1) is 0 Å². The van der Waals surface area contributed by atoms with Gasteiger partial charge in [0.2, 0.25) is 0 Å². The summed E-state index contributed by atoms with van der Waals surface area (Å²) in [7, 11) is 1.92. The van der Waals surface area contributed by atoms with E-state index in [0.717, 1.165) is 29.2 Å². The first-order valence-electron chi connectivity index (χ1n) is 7.04. The summed E-state index contributed by atoms with van der Waals surface area (Å²) in [6, 6.07) is 18.2. The summed E-state index contributed by atoms with van der Waals surface area (Å²) in [6.07, 6.45) is 0.837. The van der Waals surface area contributed by atoms with Crippen molar-refractivity contribution in [3.05, 3.63) is 60.2 Å². The lowest BCUT2D eigenvalue weighted by Gasteiger charge is -2.07. The Morgan fingerprint density at radius 3 is 2.48 bits per heavy atom. The van der Waals surface area contributed by atoms with E-state index in [2.05, 4.69) is 17.2 Å². The van der Waals surface area contributed by atoms with Crippen LogP contribution in [0.5, 0.6) is 0 Å². The molecule has 1 aromatic heterocycles. The smallest absolute Gasteiger partial charge is 0.181 e. The molecule has 0 aliphatic heterocycles. The molecule has 0 fully saturated rings. The van der Waals surface area contributed by atoms with Crippen molar-refractivity contribution in [3.8, 4) is 22.8 Å². The van der Waals surface area contributed by atoms with E-state index in [1.807, 2.05) is 54.2 Å². The Bertz CT molecular complexity index is 732. The minimum atomic E-state index is 0.625. The molecule has 3 aromatic rings. The molecule has 0 saturated carbocycles. The highest BCUT2D eigenvalue weighted by Crippen LogP contribution is 2.24. The van der Waals surface area contributed by atoms with Gasteiger partial charge >= 0.3 is 0 Å². The van der Waals surface area contributed by atoms with Gasteiger partial charge in [0, 0.05) is 18.2 Å². The largest absolute Gasteiger partial charge is 0.330 e. The lowest BCUT2D eigenvalue weighted by Crippen LogP contribution is -2.05. The van der Waals surface area contributed by atoms with Gasteiger partial charge in [-0.2, -0.15) is 5.10 Å². The number of aryl methyl sites for hydroxylation is 1. The molecule has 0 saturated heterocycles. The van der Waals surface area contributed by atoms with Gasteiger partial charge in [-0.15, -0.1) is 0 Å². The van der Waals surface area contributed by atoms with Crippen molar-refractivity contribution in [1.82, 2.24) is 14.8 Å². The van der Waals surface area contributed by atoms with Gasteiger partial charge in [-0.1, -0.05) is 54.6 Å². The molecule has 1 heterocycles. The summed E-state index contributed by atoms with van der Waals surface area (Å²) in [5, 5.41) is 4.53. The standard InChI is InChI=1S/C17H18N4/c1-21-17(15-10-6-5-7-13(15)11-12-18)19-16(20-21)14-8-3-2-4-9-14/h2-10H,11-12,18H2,1H3. The molecule has 2 N–H and O–H groups in total. The van der Waals surface area contributed by atoms with E-state index in [4.69, 9.17) is 10.7 Å². The first-order valence-corrected chi connectivity index (χ1v) is 7.04. The van der Waals surface area contributed by atoms with Gasteiger partial charge in [0.15, 0.2) is 11.6 Å². The highest BCUT2D eigenvalue weighted by atomic mass is 15.3. The van der Waals surface area contributed by atoms with Crippen molar-refractivity contribution in [2.75, 3.05) is 6.54 Å². The maximum Gasteiger partial charge on any atom is 0.181 e. The van der Waals surface area contributed by atoms with Crippen molar-refractivity contribution in [2.45, 2.75) is 6.42 Å². The Morgan fingerprint density at radius 2 is 1.71 bits per heavy atom. The Balaban J connectivity index is 2.06. The number of hydrogen-bond acceptors (Lipinski definition) is 3. The van der Waals surface area contributed by atoms with Crippen LogP contribution < -0.4 is 5.73 Å². The van der Waals surface area contributed by atoms with Crippen molar-refractivity contribution in [3.63, 3.8) is 0 Å². The number of benzene rings is 2. The van der Waals surface area contributed by atoms with Gasteiger partial charge in [0.1, 0.15) is 0 Å². The molecular formula is C17H18N4.